The van der Waals surface area contributed by atoms with Crippen LogP contribution in [-0.4, -0.2) is 30.9 Å². The number of aliphatic hydroxyl groups excluding tert-OH is 1. The van der Waals surface area contributed by atoms with Gasteiger partial charge in [0.15, 0.2) is 0 Å². The van der Waals surface area contributed by atoms with E-state index >= 15 is 0 Å². The molecule has 2 rings (SSSR count). The first-order valence-electron chi connectivity index (χ1n) is 5.84. The van der Waals surface area contributed by atoms with Gasteiger partial charge < -0.3 is 15.2 Å². The molecule has 2 N–H and O–H groups in total. The van der Waals surface area contributed by atoms with Crippen LogP contribution >= 0.6 is 0 Å². The zero-order chi connectivity index (χ0) is 11.2. The summed E-state index contributed by atoms with van der Waals surface area (Å²) in [6.07, 6.45) is 1.02. The molecule has 3 heteroatoms. The highest BCUT2D eigenvalue weighted by Crippen LogP contribution is 2.14. The lowest BCUT2D eigenvalue weighted by Gasteiger charge is -2.09. The van der Waals surface area contributed by atoms with Crippen molar-refractivity contribution in [3.63, 3.8) is 0 Å². The van der Waals surface area contributed by atoms with Gasteiger partial charge in [-0.15, -0.1) is 0 Å². The van der Waals surface area contributed by atoms with Gasteiger partial charge in [-0.1, -0.05) is 30.3 Å². The Balaban J connectivity index is 1.65. The molecule has 1 aromatic carbocycles. The Morgan fingerprint density at radius 2 is 2.12 bits per heavy atom. The number of rotatable bonds is 5. The minimum Gasteiger partial charge on any atom is -0.395 e. The number of benzene rings is 1. The highest BCUT2D eigenvalue weighted by Gasteiger charge is 2.23. The number of hydrogen-bond donors (Lipinski definition) is 2. The molecule has 3 nitrogen and oxygen atoms in total. The second-order valence-corrected chi connectivity index (χ2v) is 4.39. The predicted octanol–water partition coefficient (Wildman–Crippen LogP) is 1.17. The summed E-state index contributed by atoms with van der Waals surface area (Å²) in [4.78, 5) is 0. The number of hydrogen-bond acceptors (Lipinski definition) is 3. The monoisotopic (exact) mass is 221 g/mol. The normalized spacial score (nSPS) is 24.8. The molecule has 1 aromatic rings. The van der Waals surface area contributed by atoms with Gasteiger partial charge in [0, 0.05) is 12.6 Å². The number of nitrogens with one attached hydrogen (secondary N) is 1. The average Bonchev–Trinajstić information content (AvgIpc) is 2.78. The van der Waals surface area contributed by atoms with Crippen molar-refractivity contribution >= 4 is 0 Å². The zero-order valence-corrected chi connectivity index (χ0v) is 9.43. The molecule has 0 radical (unpaired) electrons. The maximum absolute atomic E-state index is 8.98. The molecular weight excluding hydrogens is 202 g/mol. The van der Waals surface area contributed by atoms with Crippen molar-refractivity contribution in [1.29, 1.82) is 0 Å². The molecule has 1 aliphatic rings. The van der Waals surface area contributed by atoms with Crippen LogP contribution in [0.3, 0.4) is 0 Å². The number of aliphatic hydroxyl groups is 1. The fourth-order valence-electron chi connectivity index (χ4n) is 2.09. The quantitative estimate of drug-likeness (QED) is 0.784. The largest absolute Gasteiger partial charge is 0.395 e. The topological polar surface area (TPSA) is 41.5 Å². The Morgan fingerprint density at radius 3 is 2.81 bits per heavy atom. The smallest absolute Gasteiger partial charge is 0.0717 e. The van der Waals surface area contributed by atoms with Crippen LogP contribution in [0.2, 0.25) is 0 Å². The number of ether oxygens (including phenoxy) is 1. The minimum atomic E-state index is 0.231. The molecule has 0 bridgehead atoms. The molecule has 0 spiro atoms. The molecule has 0 aromatic heterocycles. The summed E-state index contributed by atoms with van der Waals surface area (Å²) in [7, 11) is 0. The molecule has 2 atom stereocenters. The summed E-state index contributed by atoms with van der Waals surface area (Å²) in [5, 5.41) is 12.3. The molecule has 0 unspecified atom stereocenters. The Hall–Kier alpha value is -0.900. The van der Waals surface area contributed by atoms with Crippen molar-refractivity contribution in [3.8, 4) is 0 Å². The highest BCUT2D eigenvalue weighted by atomic mass is 16.5. The molecule has 1 saturated heterocycles. The van der Waals surface area contributed by atoms with E-state index in [0.29, 0.717) is 12.5 Å². The van der Waals surface area contributed by atoms with Crippen LogP contribution in [0.1, 0.15) is 12.0 Å². The summed E-state index contributed by atoms with van der Waals surface area (Å²) in [5.74, 6) is 0.542. The van der Waals surface area contributed by atoms with Crippen molar-refractivity contribution in [1.82, 2.24) is 5.32 Å². The SMILES string of the molecule is OC[C@@H]1C[C@H](COCc2ccccc2)CN1. The maximum atomic E-state index is 8.98. The van der Waals surface area contributed by atoms with Gasteiger partial charge in [-0.3, -0.25) is 0 Å². The van der Waals surface area contributed by atoms with Gasteiger partial charge >= 0.3 is 0 Å². The third kappa shape index (κ3) is 3.30. The van der Waals surface area contributed by atoms with Gasteiger partial charge in [0.1, 0.15) is 0 Å². The van der Waals surface area contributed by atoms with Gasteiger partial charge in [0.2, 0.25) is 0 Å². The molecule has 16 heavy (non-hydrogen) atoms. The van der Waals surface area contributed by atoms with E-state index in [1.807, 2.05) is 18.2 Å². The third-order valence-electron chi connectivity index (χ3n) is 3.00. The van der Waals surface area contributed by atoms with Crippen LogP contribution in [0.15, 0.2) is 30.3 Å². The lowest BCUT2D eigenvalue weighted by molar-refractivity contribution is 0.0910. The van der Waals surface area contributed by atoms with Crippen LogP contribution in [0.4, 0.5) is 0 Å². The van der Waals surface area contributed by atoms with E-state index in [4.69, 9.17) is 9.84 Å². The second kappa shape index (κ2) is 5.99. The van der Waals surface area contributed by atoms with Gasteiger partial charge in [0.25, 0.3) is 0 Å². The predicted molar refractivity (Wildman–Crippen MR) is 63.1 cm³/mol. The van der Waals surface area contributed by atoms with E-state index in [2.05, 4.69) is 17.4 Å². The summed E-state index contributed by atoms with van der Waals surface area (Å²) in [5.41, 5.74) is 1.21. The van der Waals surface area contributed by atoms with Crippen LogP contribution in [-0.2, 0) is 11.3 Å². The second-order valence-electron chi connectivity index (χ2n) is 4.39. The van der Waals surface area contributed by atoms with E-state index in [0.717, 1.165) is 19.6 Å². The van der Waals surface area contributed by atoms with Gasteiger partial charge in [-0.2, -0.15) is 0 Å². The zero-order valence-electron chi connectivity index (χ0n) is 9.43. The molecule has 0 aliphatic carbocycles. The van der Waals surface area contributed by atoms with Crippen molar-refractivity contribution in [2.24, 2.45) is 5.92 Å². The first-order valence-corrected chi connectivity index (χ1v) is 5.84. The lowest BCUT2D eigenvalue weighted by Crippen LogP contribution is -2.24. The molecule has 0 saturated carbocycles. The van der Waals surface area contributed by atoms with Crippen molar-refractivity contribution in [2.45, 2.75) is 19.1 Å². The Labute approximate surface area is 96.4 Å². The summed E-state index contributed by atoms with van der Waals surface area (Å²) < 4.78 is 5.67. The van der Waals surface area contributed by atoms with E-state index in [-0.39, 0.29) is 12.6 Å². The van der Waals surface area contributed by atoms with Gasteiger partial charge in [-0.25, -0.2) is 0 Å². The first-order chi connectivity index (χ1) is 7.88. The molecule has 1 fully saturated rings. The fourth-order valence-corrected chi connectivity index (χ4v) is 2.09. The molecule has 1 aliphatic heterocycles. The van der Waals surface area contributed by atoms with Crippen molar-refractivity contribution in [3.05, 3.63) is 35.9 Å². The van der Waals surface area contributed by atoms with Crippen LogP contribution in [0.5, 0.6) is 0 Å². The van der Waals surface area contributed by atoms with E-state index < -0.39 is 0 Å². The van der Waals surface area contributed by atoms with Crippen LogP contribution in [0, 0.1) is 5.92 Å². The third-order valence-corrected chi connectivity index (χ3v) is 3.00. The van der Waals surface area contributed by atoms with Crippen LogP contribution in [0.25, 0.3) is 0 Å². The average molecular weight is 221 g/mol. The first kappa shape index (κ1) is 11.6. The van der Waals surface area contributed by atoms with E-state index in [9.17, 15) is 0 Å². The summed E-state index contributed by atoms with van der Waals surface area (Å²) >= 11 is 0. The van der Waals surface area contributed by atoms with E-state index in [1.165, 1.54) is 5.56 Å². The molecule has 0 amide bonds. The molecule has 88 valence electrons. The maximum Gasteiger partial charge on any atom is 0.0717 e. The Morgan fingerprint density at radius 1 is 1.31 bits per heavy atom. The Bertz CT molecular complexity index is 302. The summed E-state index contributed by atoms with van der Waals surface area (Å²) in [6.45, 7) is 2.65. The molecular formula is C13H19NO2. The molecule has 1 heterocycles. The highest BCUT2D eigenvalue weighted by molar-refractivity contribution is 5.13. The Kier molecular flexibility index (Phi) is 4.34. The van der Waals surface area contributed by atoms with Gasteiger partial charge in [-0.05, 0) is 17.9 Å². The fraction of sp³-hybridized carbons (Fsp3) is 0.538. The van der Waals surface area contributed by atoms with Crippen molar-refractivity contribution in [2.75, 3.05) is 19.8 Å². The van der Waals surface area contributed by atoms with Crippen molar-refractivity contribution < 1.29 is 9.84 Å². The minimum absolute atomic E-state index is 0.231. The summed E-state index contributed by atoms with van der Waals surface area (Å²) in [6, 6.07) is 10.5. The van der Waals surface area contributed by atoms with Crippen LogP contribution < -0.4 is 5.32 Å². The standard InChI is InChI=1S/C13H19NO2/c15-8-13-6-12(7-14-13)10-16-9-11-4-2-1-3-5-11/h1-5,12-15H,6-10H2/t12-,13-/m0/s1. The van der Waals surface area contributed by atoms with E-state index in [1.54, 1.807) is 0 Å². The van der Waals surface area contributed by atoms with Gasteiger partial charge in [0.05, 0.1) is 19.8 Å². The lowest BCUT2D eigenvalue weighted by atomic mass is 10.1.